The van der Waals surface area contributed by atoms with Crippen molar-refractivity contribution in [3.63, 3.8) is 0 Å². The quantitative estimate of drug-likeness (QED) is 0.849. The summed E-state index contributed by atoms with van der Waals surface area (Å²) in [4.78, 5) is 39.9. The zero-order chi connectivity index (χ0) is 18.7. The van der Waals surface area contributed by atoms with Gasteiger partial charge in [-0.25, -0.2) is 4.98 Å². The molecule has 1 unspecified atom stereocenters. The van der Waals surface area contributed by atoms with Crippen LogP contribution in [0.15, 0.2) is 35.4 Å². The first kappa shape index (κ1) is 18.1. The smallest absolute Gasteiger partial charge is 0.325 e. The number of aromatic nitrogens is 2. The molecule has 2 N–H and O–H groups in total. The van der Waals surface area contributed by atoms with Gasteiger partial charge in [0.2, 0.25) is 5.91 Å². The lowest BCUT2D eigenvalue weighted by Gasteiger charge is -2.28. The number of hydrogen-bond donors (Lipinski definition) is 2. The third-order valence-electron chi connectivity index (χ3n) is 5.13. The van der Waals surface area contributed by atoms with Crippen molar-refractivity contribution in [3.8, 4) is 0 Å². The predicted octanol–water partition coefficient (Wildman–Crippen LogP) is 1.79. The minimum atomic E-state index is -1.03. The van der Waals surface area contributed by atoms with Gasteiger partial charge in [-0.1, -0.05) is 12.1 Å². The lowest BCUT2D eigenvalue weighted by Crippen LogP contribution is -2.42. The fourth-order valence-corrected chi connectivity index (χ4v) is 3.51. The van der Waals surface area contributed by atoms with Gasteiger partial charge in [0.1, 0.15) is 6.04 Å². The van der Waals surface area contributed by atoms with Gasteiger partial charge in [0.15, 0.2) is 0 Å². The number of amides is 1. The molecule has 0 radical (unpaired) electrons. The number of hydrogen-bond acceptors (Lipinski definition) is 4. The van der Waals surface area contributed by atoms with Crippen LogP contribution in [0.5, 0.6) is 0 Å². The van der Waals surface area contributed by atoms with Gasteiger partial charge in [-0.15, -0.1) is 0 Å². The lowest BCUT2D eigenvalue weighted by molar-refractivity contribution is -0.142. The maximum Gasteiger partial charge on any atom is 0.325 e. The highest BCUT2D eigenvalue weighted by atomic mass is 16.4. The lowest BCUT2D eigenvalue weighted by atomic mass is 9.81. The van der Waals surface area contributed by atoms with E-state index in [1.165, 1.54) is 6.92 Å². The normalized spacial score (nSPS) is 21.3. The third-order valence-corrected chi connectivity index (χ3v) is 5.13. The van der Waals surface area contributed by atoms with Crippen molar-refractivity contribution in [2.75, 3.05) is 0 Å². The van der Waals surface area contributed by atoms with Gasteiger partial charge in [-0.2, -0.15) is 0 Å². The predicted molar refractivity (Wildman–Crippen MR) is 96.7 cm³/mol. The molecule has 138 valence electrons. The van der Waals surface area contributed by atoms with Crippen LogP contribution in [0, 0.1) is 11.8 Å². The van der Waals surface area contributed by atoms with Gasteiger partial charge in [-0.3, -0.25) is 19.0 Å². The largest absolute Gasteiger partial charge is 0.480 e. The summed E-state index contributed by atoms with van der Waals surface area (Å²) in [6.07, 6.45) is 4.67. The Morgan fingerprint density at radius 1 is 1.27 bits per heavy atom. The van der Waals surface area contributed by atoms with Gasteiger partial charge < -0.3 is 10.4 Å². The van der Waals surface area contributed by atoms with Crippen LogP contribution in [0.4, 0.5) is 0 Å². The molecule has 26 heavy (non-hydrogen) atoms. The Bertz CT molecular complexity index is 868. The summed E-state index contributed by atoms with van der Waals surface area (Å²) in [7, 11) is 0. The van der Waals surface area contributed by atoms with Crippen LogP contribution in [-0.4, -0.2) is 32.6 Å². The summed E-state index contributed by atoms with van der Waals surface area (Å²) in [5.74, 6) is -1.06. The second-order valence-corrected chi connectivity index (χ2v) is 7.01. The number of carbonyl (C=O) groups is 2. The van der Waals surface area contributed by atoms with Crippen LogP contribution in [-0.2, 0) is 16.1 Å². The van der Waals surface area contributed by atoms with Crippen molar-refractivity contribution >= 4 is 22.8 Å². The van der Waals surface area contributed by atoms with E-state index in [1.54, 1.807) is 17.0 Å². The average Bonchev–Trinajstić information content (AvgIpc) is 2.64. The number of carbonyl (C=O) groups excluding carboxylic acids is 1. The Labute approximate surface area is 151 Å². The molecule has 1 amide bonds. The first-order valence-corrected chi connectivity index (χ1v) is 8.93. The highest BCUT2D eigenvalue weighted by Gasteiger charge is 2.28. The summed E-state index contributed by atoms with van der Waals surface area (Å²) in [5, 5.41) is 12.0. The van der Waals surface area contributed by atoms with Crippen molar-refractivity contribution < 1.29 is 14.7 Å². The summed E-state index contributed by atoms with van der Waals surface area (Å²) < 4.78 is 1.65. The molecule has 3 rings (SSSR count). The molecule has 1 fully saturated rings. The van der Waals surface area contributed by atoms with E-state index in [-0.39, 0.29) is 17.4 Å². The Hall–Kier alpha value is -2.70. The van der Waals surface area contributed by atoms with E-state index in [1.807, 2.05) is 18.2 Å². The minimum Gasteiger partial charge on any atom is -0.480 e. The maximum absolute atomic E-state index is 12.6. The number of nitrogens with zero attached hydrogens (tertiary/aromatic N) is 2. The second kappa shape index (κ2) is 7.68. The van der Waals surface area contributed by atoms with Crippen LogP contribution in [0.2, 0.25) is 0 Å². The zero-order valence-electron chi connectivity index (χ0n) is 14.7. The molecular formula is C19H23N3O4. The number of nitrogens with one attached hydrogen (secondary N) is 1. The molecule has 2 aromatic rings. The maximum atomic E-state index is 12.6. The van der Waals surface area contributed by atoms with E-state index in [0.717, 1.165) is 12.8 Å². The molecule has 0 bridgehead atoms. The van der Waals surface area contributed by atoms with Gasteiger partial charge in [0, 0.05) is 12.5 Å². The Kier molecular flexibility index (Phi) is 5.35. The standard InChI is InChI=1S/C19H23N3O4/c1-12(19(25)26)21-17(23)14-8-6-13(7-9-14)10-22-11-20-16-5-3-2-4-15(16)18(22)24/h2-5,11-14H,6-10H2,1H3,(H,21,23)(H,25,26). The molecule has 1 aliphatic rings. The van der Waals surface area contributed by atoms with E-state index in [9.17, 15) is 14.4 Å². The molecule has 1 aliphatic carbocycles. The number of rotatable bonds is 5. The first-order chi connectivity index (χ1) is 12.5. The Morgan fingerprint density at radius 2 is 1.96 bits per heavy atom. The fourth-order valence-electron chi connectivity index (χ4n) is 3.51. The minimum absolute atomic E-state index is 0.0363. The van der Waals surface area contributed by atoms with E-state index in [4.69, 9.17) is 5.11 Å². The van der Waals surface area contributed by atoms with Gasteiger partial charge in [0.25, 0.3) is 5.56 Å². The van der Waals surface area contributed by atoms with Crippen LogP contribution in [0.3, 0.4) is 0 Å². The van der Waals surface area contributed by atoms with E-state index < -0.39 is 12.0 Å². The summed E-state index contributed by atoms with van der Waals surface area (Å²) >= 11 is 0. The second-order valence-electron chi connectivity index (χ2n) is 7.01. The number of fused-ring (bicyclic) bond motifs is 1. The number of carboxylic acids is 1. The number of carboxylic acid groups (broad SMARTS) is 1. The summed E-state index contributed by atoms with van der Waals surface area (Å²) in [6, 6.07) is 6.42. The molecule has 0 aliphatic heterocycles. The molecule has 0 saturated heterocycles. The van der Waals surface area contributed by atoms with E-state index >= 15 is 0 Å². The number of para-hydroxylation sites is 1. The Morgan fingerprint density at radius 3 is 2.65 bits per heavy atom. The first-order valence-electron chi connectivity index (χ1n) is 8.93. The summed E-state index contributed by atoms with van der Waals surface area (Å²) in [5.41, 5.74) is 0.660. The molecule has 7 heteroatoms. The number of benzene rings is 1. The van der Waals surface area contributed by atoms with Gasteiger partial charge in [-0.05, 0) is 50.7 Å². The molecule has 0 spiro atoms. The molecular weight excluding hydrogens is 334 g/mol. The topological polar surface area (TPSA) is 101 Å². The highest BCUT2D eigenvalue weighted by Crippen LogP contribution is 2.30. The van der Waals surface area contributed by atoms with E-state index in [2.05, 4.69) is 10.3 Å². The zero-order valence-corrected chi connectivity index (χ0v) is 14.7. The third kappa shape index (κ3) is 3.92. The molecule has 1 aromatic carbocycles. The van der Waals surface area contributed by atoms with E-state index in [0.29, 0.717) is 36.2 Å². The van der Waals surface area contributed by atoms with Crippen molar-refractivity contribution in [3.05, 3.63) is 40.9 Å². The molecule has 1 aromatic heterocycles. The van der Waals surface area contributed by atoms with Gasteiger partial charge >= 0.3 is 5.97 Å². The van der Waals surface area contributed by atoms with Crippen LogP contribution in [0.25, 0.3) is 10.9 Å². The number of aliphatic carboxylic acids is 1. The molecule has 1 heterocycles. The highest BCUT2D eigenvalue weighted by molar-refractivity contribution is 5.84. The molecule has 1 atom stereocenters. The average molecular weight is 357 g/mol. The van der Waals surface area contributed by atoms with Crippen molar-refractivity contribution in [2.24, 2.45) is 11.8 Å². The van der Waals surface area contributed by atoms with Crippen LogP contribution < -0.4 is 10.9 Å². The van der Waals surface area contributed by atoms with Crippen LogP contribution in [0.1, 0.15) is 32.6 Å². The van der Waals surface area contributed by atoms with Crippen molar-refractivity contribution in [1.29, 1.82) is 0 Å². The van der Waals surface area contributed by atoms with Crippen LogP contribution >= 0.6 is 0 Å². The Balaban J connectivity index is 1.59. The van der Waals surface area contributed by atoms with Gasteiger partial charge in [0.05, 0.1) is 17.2 Å². The van der Waals surface area contributed by atoms with Crippen molar-refractivity contribution in [1.82, 2.24) is 14.9 Å². The molecule has 1 saturated carbocycles. The fraction of sp³-hybridized carbons (Fsp3) is 0.474. The summed E-state index contributed by atoms with van der Waals surface area (Å²) in [6.45, 7) is 2.06. The molecule has 7 nitrogen and oxygen atoms in total. The monoisotopic (exact) mass is 357 g/mol. The SMILES string of the molecule is CC(NC(=O)C1CCC(Cn2cnc3ccccc3c2=O)CC1)C(=O)O. The van der Waals surface area contributed by atoms with Crippen molar-refractivity contribution in [2.45, 2.75) is 45.2 Å².